The van der Waals surface area contributed by atoms with Gasteiger partial charge in [0.1, 0.15) is 6.04 Å². The molecule has 76 valence electrons. The van der Waals surface area contributed by atoms with Crippen molar-refractivity contribution in [1.29, 1.82) is 0 Å². The Morgan fingerprint density at radius 3 is 2.43 bits per heavy atom. The first kappa shape index (κ1) is 10.7. The van der Waals surface area contributed by atoms with Gasteiger partial charge in [-0.1, -0.05) is 38.1 Å². The van der Waals surface area contributed by atoms with Gasteiger partial charge in [0.05, 0.1) is 0 Å². The van der Waals surface area contributed by atoms with Gasteiger partial charge in [-0.15, -0.1) is 0 Å². The molecular weight excluding hydrogens is 178 g/mol. The fourth-order valence-corrected chi connectivity index (χ4v) is 1.25. The van der Waals surface area contributed by atoms with Crippen LogP contribution in [-0.2, 0) is 4.79 Å². The minimum atomic E-state index is -0.995. The Balaban J connectivity index is 2.99. The van der Waals surface area contributed by atoms with Crippen LogP contribution in [0.2, 0.25) is 0 Å². The molecule has 1 aromatic carbocycles. The van der Waals surface area contributed by atoms with E-state index >= 15 is 0 Å². The second kappa shape index (κ2) is 4.24. The summed E-state index contributed by atoms with van der Waals surface area (Å²) in [5.74, 6) is -0.609. The van der Waals surface area contributed by atoms with Crippen LogP contribution in [0.25, 0.3) is 0 Å². The molecule has 0 bridgehead atoms. The number of carboxylic acids is 1. The number of nitrogens with two attached hydrogens (primary N) is 1. The van der Waals surface area contributed by atoms with Gasteiger partial charge >= 0.3 is 5.97 Å². The minimum absolute atomic E-state index is 0.385. The molecule has 0 spiro atoms. The zero-order valence-electron chi connectivity index (χ0n) is 8.40. The zero-order chi connectivity index (χ0) is 10.7. The molecule has 3 nitrogen and oxygen atoms in total. The van der Waals surface area contributed by atoms with E-state index in [1.807, 2.05) is 18.2 Å². The van der Waals surface area contributed by atoms with E-state index in [9.17, 15) is 4.79 Å². The first-order valence-corrected chi connectivity index (χ1v) is 4.60. The molecule has 0 aromatic heterocycles. The standard InChI is InChI=1S/C11H15NO2/c1-7(2)8-4-3-5-9(6-8)10(12)11(13)14/h3-7,10H,12H2,1-2H3,(H,13,14). The average molecular weight is 193 g/mol. The van der Waals surface area contributed by atoms with Gasteiger partial charge < -0.3 is 10.8 Å². The SMILES string of the molecule is CC(C)c1cccc(C(N)C(=O)O)c1. The molecule has 0 heterocycles. The maximum atomic E-state index is 10.7. The van der Waals surface area contributed by atoms with E-state index in [0.29, 0.717) is 11.5 Å². The summed E-state index contributed by atoms with van der Waals surface area (Å²) in [4.78, 5) is 10.7. The Bertz CT molecular complexity index is 334. The lowest BCUT2D eigenvalue weighted by Gasteiger charge is -2.10. The Morgan fingerprint density at radius 1 is 1.36 bits per heavy atom. The molecule has 0 aliphatic rings. The number of rotatable bonds is 3. The van der Waals surface area contributed by atoms with Crippen molar-refractivity contribution in [3.8, 4) is 0 Å². The van der Waals surface area contributed by atoms with Crippen LogP contribution in [0.15, 0.2) is 24.3 Å². The molecule has 14 heavy (non-hydrogen) atoms. The van der Waals surface area contributed by atoms with Crippen LogP contribution in [0.5, 0.6) is 0 Å². The largest absolute Gasteiger partial charge is 0.480 e. The molecule has 0 fully saturated rings. The monoisotopic (exact) mass is 193 g/mol. The first-order chi connectivity index (χ1) is 6.52. The summed E-state index contributed by atoms with van der Waals surface area (Å²) >= 11 is 0. The second-order valence-corrected chi connectivity index (χ2v) is 3.64. The molecule has 0 aliphatic carbocycles. The van der Waals surface area contributed by atoms with E-state index in [2.05, 4.69) is 13.8 Å². The number of carbonyl (C=O) groups is 1. The van der Waals surface area contributed by atoms with Crippen molar-refractivity contribution in [2.75, 3.05) is 0 Å². The average Bonchev–Trinajstić information content (AvgIpc) is 2.16. The summed E-state index contributed by atoms with van der Waals surface area (Å²) in [6.07, 6.45) is 0. The summed E-state index contributed by atoms with van der Waals surface area (Å²) in [6, 6.07) is 6.48. The Labute approximate surface area is 83.6 Å². The zero-order valence-corrected chi connectivity index (χ0v) is 8.40. The summed E-state index contributed by atoms with van der Waals surface area (Å²) in [5, 5.41) is 8.74. The van der Waals surface area contributed by atoms with E-state index in [1.54, 1.807) is 6.07 Å². The van der Waals surface area contributed by atoms with Gasteiger partial charge in [0.15, 0.2) is 0 Å². The second-order valence-electron chi connectivity index (χ2n) is 3.64. The van der Waals surface area contributed by atoms with Crippen molar-refractivity contribution < 1.29 is 9.90 Å². The van der Waals surface area contributed by atoms with Crippen molar-refractivity contribution in [2.45, 2.75) is 25.8 Å². The molecule has 1 atom stereocenters. The van der Waals surface area contributed by atoms with Gasteiger partial charge in [-0.25, -0.2) is 0 Å². The Kier molecular flexibility index (Phi) is 3.25. The van der Waals surface area contributed by atoms with E-state index in [1.165, 1.54) is 0 Å². The van der Waals surface area contributed by atoms with E-state index in [0.717, 1.165) is 5.56 Å². The molecule has 0 amide bonds. The predicted octanol–water partition coefficient (Wildman–Crippen LogP) is 1.89. The molecular formula is C11H15NO2. The highest BCUT2D eigenvalue weighted by Crippen LogP contribution is 2.18. The van der Waals surface area contributed by atoms with Crippen molar-refractivity contribution in [3.63, 3.8) is 0 Å². The third-order valence-corrected chi connectivity index (χ3v) is 2.20. The van der Waals surface area contributed by atoms with Crippen LogP contribution in [0.1, 0.15) is 36.9 Å². The number of hydrogen-bond donors (Lipinski definition) is 2. The lowest BCUT2D eigenvalue weighted by Crippen LogP contribution is -2.20. The van der Waals surface area contributed by atoms with Crippen LogP contribution in [0.4, 0.5) is 0 Å². The van der Waals surface area contributed by atoms with Crippen molar-refractivity contribution in [1.82, 2.24) is 0 Å². The smallest absolute Gasteiger partial charge is 0.325 e. The number of carboxylic acid groups (broad SMARTS) is 1. The Hall–Kier alpha value is -1.35. The summed E-state index contributed by atoms with van der Waals surface area (Å²) in [5.41, 5.74) is 7.27. The molecule has 1 rings (SSSR count). The van der Waals surface area contributed by atoms with E-state index < -0.39 is 12.0 Å². The molecule has 0 aliphatic heterocycles. The normalized spacial score (nSPS) is 12.9. The van der Waals surface area contributed by atoms with Crippen molar-refractivity contribution in [3.05, 3.63) is 35.4 Å². The van der Waals surface area contributed by atoms with Crippen LogP contribution < -0.4 is 5.73 Å². The first-order valence-electron chi connectivity index (χ1n) is 4.60. The number of benzene rings is 1. The minimum Gasteiger partial charge on any atom is -0.480 e. The fourth-order valence-electron chi connectivity index (χ4n) is 1.25. The summed E-state index contributed by atoms with van der Waals surface area (Å²) < 4.78 is 0. The number of hydrogen-bond acceptors (Lipinski definition) is 2. The molecule has 3 N–H and O–H groups in total. The van der Waals surface area contributed by atoms with E-state index in [4.69, 9.17) is 10.8 Å². The third-order valence-electron chi connectivity index (χ3n) is 2.20. The van der Waals surface area contributed by atoms with Crippen molar-refractivity contribution >= 4 is 5.97 Å². The predicted molar refractivity (Wildman–Crippen MR) is 55.1 cm³/mol. The number of aliphatic carboxylic acids is 1. The molecule has 1 aromatic rings. The molecule has 0 saturated carbocycles. The highest BCUT2D eigenvalue weighted by molar-refractivity contribution is 5.75. The van der Waals surface area contributed by atoms with Gasteiger partial charge in [0.2, 0.25) is 0 Å². The molecule has 0 saturated heterocycles. The maximum absolute atomic E-state index is 10.7. The maximum Gasteiger partial charge on any atom is 0.325 e. The molecule has 1 unspecified atom stereocenters. The van der Waals surface area contributed by atoms with Crippen LogP contribution in [-0.4, -0.2) is 11.1 Å². The van der Waals surface area contributed by atoms with Gasteiger partial charge in [0.25, 0.3) is 0 Å². The molecule has 3 heteroatoms. The van der Waals surface area contributed by atoms with E-state index in [-0.39, 0.29) is 0 Å². The van der Waals surface area contributed by atoms with Crippen LogP contribution in [0, 0.1) is 0 Å². The fraction of sp³-hybridized carbons (Fsp3) is 0.364. The van der Waals surface area contributed by atoms with Gasteiger partial charge in [-0.05, 0) is 17.0 Å². The quantitative estimate of drug-likeness (QED) is 0.770. The lowest BCUT2D eigenvalue weighted by molar-refractivity contribution is -0.138. The highest BCUT2D eigenvalue weighted by Gasteiger charge is 2.14. The Morgan fingerprint density at radius 2 is 1.93 bits per heavy atom. The lowest BCUT2D eigenvalue weighted by atomic mass is 9.98. The van der Waals surface area contributed by atoms with Crippen molar-refractivity contribution in [2.24, 2.45) is 5.73 Å². The highest BCUT2D eigenvalue weighted by atomic mass is 16.4. The van der Waals surface area contributed by atoms with Crippen LogP contribution >= 0.6 is 0 Å². The van der Waals surface area contributed by atoms with Gasteiger partial charge in [-0.3, -0.25) is 4.79 Å². The summed E-state index contributed by atoms with van der Waals surface area (Å²) in [7, 11) is 0. The topological polar surface area (TPSA) is 63.3 Å². The third kappa shape index (κ3) is 2.33. The molecule has 0 radical (unpaired) electrons. The summed E-state index contributed by atoms with van der Waals surface area (Å²) in [6.45, 7) is 4.12. The van der Waals surface area contributed by atoms with Crippen LogP contribution in [0.3, 0.4) is 0 Å². The van der Waals surface area contributed by atoms with Gasteiger partial charge in [0, 0.05) is 0 Å². The van der Waals surface area contributed by atoms with Gasteiger partial charge in [-0.2, -0.15) is 0 Å².